The first kappa shape index (κ1) is 21.2. The maximum absolute atomic E-state index is 12.4. The van der Waals surface area contributed by atoms with Crippen LogP contribution in [0.3, 0.4) is 0 Å². The minimum atomic E-state index is -1.06. The van der Waals surface area contributed by atoms with Crippen LogP contribution in [0.25, 0.3) is 0 Å². The van der Waals surface area contributed by atoms with Gasteiger partial charge in [0.25, 0.3) is 0 Å². The van der Waals surface area contributed by atoms with E-state index in [1.807, 2.05) is 18.4 Å². The van der Waals surface area contributed by atoms with Crippen LogP contribution >= 0.6 is 33.3 Å². The molecule has 24 heavy (non-hydrogen) atoms. The van der Waals surface area contributed by atoms with Crippen LogP contribution in [0.5, 0.6) is 0 Å². The van der Waals surface area contributed by atoms with Gasteiger partial charge >= 0.3 is 5.97 Å². The van der Waals surface area contributed by atoms with Gasteiger partial charge in [0.2, 0.25) is 11.8 Å². The molecule has 0 saturated heterocycles. The van der Waals surface area contributed by atoms with Crippen LogP contribution in [-0.2, 0) is 14.4 Å². The van der Waals surface area contributed by atoms with Crippen molar-refractivity contribution in [2.45, 2.75) is 37.8 Å². The van der Waals surface area contributed by atoms with Crippen molar-refractivity contribution in [2.24, 2.45) is 0 Å². The van der Waals surface area contributed by atoms with Crippen molar-refractivity contribution in [3.05, 3.63) is 12.2 Å². The summed E-state index contributed by atoms with van der Waals surface area (Å²) < 4.78 is 0. The lowest BCUT2D eigenvalue weighted by Gasteiger charge is -2.21. The Hall–Kier alpha value is -0.800. The van der Waals surface area contributed by atoms with Gasteiger partial charge in [0.05, 0.1) is 0 Å². The van der Waals surface area contributed by atoms with Gasteiger partial charge < -0.3 is 15.7 Å². The molecule has 0 fully saturated rings. The number of carbonyl (C=O) groups is 3. The van der Waals surface area contributed by atoms with Crippen molar-refractivity contribution in [2.75, 3.05) is 23.5 Å². The van der Waals surface area contributed by atoms with Crippen molar-refractivity contribution in [3.63, 3.8) is 0 Å². The standard InChI is InChI=1S/C15H24N2O4S3/c1-22-9-7-11-14(19)17-12(15(20)21)10-24-23-8-5-3-2-4-6-13(18)16-11/h2-3,11-12H,4-10H2,1H3,(H,16,18)(H,17,19)(H,20,21)/b3-2+/t11-,12-/m1/s1. The fourth-order valence-corrected chi connectivity index (χ4v) is 4.58. The smallest absolute Gasteiger partial charge is 0.327 e. The Morgan fingerprint density at radius 2 is 2.04 bits per heavy atom. The van der Waals surface area contributed by atoms with Gasteiger partial charge in [0, 0.05) is 17.9 Å². The van der Waals surface area contributed by atoms with E-state index in [9.17, 15) is 19.5 Å². The SMILES string of the molecule is CSCC[C@H]1NC(=O)CC/C=C/CCSSC[C@H](C(=O)O)NC1=O. The predicted molar refractivity (Wildman–Crippen MR) is 102 cm³/mol. The van der Waals surface area contributed by atoms with Gasteiger partial charge in [-0.2, -0.15) is 11.8 Å². The number of carboxylic acid groups (broad SMARTS) is 1. The van der Waals surface area contributed by atoms with Gasteiger partial charge in [0.15, 0.2) is 0 Å². The third-order valence-electron chi connectivity index (χ3n) is 3.27. The summed E-state index contributed by atoms with van der Waals surface area (Å²) in [5.74, 6) is 0.186. The second kappa shape index (κ2) is 12.5. The largest absolute Gasteiger partial charge is 0.480 e. The van der Waals surface area contributed by atoms with Crippen molar-refractivity contribution in [1.82, 2.24) is 10.6 Å². The highest BCUT2D eigenvalue weighted by atomic mass is 33.1. The average molecular weight is 393 g/mol. The third kappa shape index (κ3) is 8.89. The van der Waals surface area contributed by atoms with Crippen LogP contribution < -0.4 is 10.6 Å². The molecule has 1 heterocycles. The second-order valence-electron chi connectivity index (χ2n) is 5.21. The first-order chi connectivity index (χ1) is 11.5. The maximum atomic E-state index is 12.4. The topological polar surface area (TPSA) is 95.5 Å². The minimum absolute atomic E-state index is 0.189. The van der Waals surface area contributed by atoms with Crippen LogP contribution in [0.15, 0.2) is 12.2 Å². The molecule has 0 unspecified atom stereocenters. The number of thioether (sulfide) groups is 1. The van der Waals surface area contributed by atoms with Crippen molar-refractivity contribution >= 4 is 51.1 Å². The number of aliphatic carboxylic acids is 1. The summed E-state index contributed by atoms with van der Waals surface area (Å²) >= 11 is 1.58. The zero-order chi connectivity index (χ0) is 17.8. The van der Waals surface area contributed by atoms with E-state index >= 15 is 0 Å². The number of carboxylic acids is 1. The number of amides is 2. The van der Waals surface area contributed by atoms with E-state index in [-0.39, 0.29) is 5.91 Å². The minimum Gasteiger partial charge on any atom is -0.480 e. The Kier molecular flexibility index (Phi) is 11.1. The van der Waals surface area contributed by atoms with Crippen molar-refractivity contribution in [1.29, 1.82) is 0 Å². The van der Waals surface area contributed by atoms with Gasteiger partial charge in [-0.25, -0.2) is 4.79 Å². The van der Waals surface area contributed by atoms with Crippen LogP contribution in [0.1, 0.15) is 25.7 Å². The van der Waals surface area contributed by atoms with Gasteiger partial charge in [-0.05, 0) is 31.3 Å². The van der Waals surface area contributed by atoms with E-state index in [2.05, 4.69) is 10.6 Å². The molecule has 0 aromatic carbocycles. The molecule has 3 N–H and O–H groups in total. The highest BCUT2D eigenvalue weighted by Gasteiger charge is 2.26. The van der Waals surface area contributed by atoms with E-state index in [0.29, 0.717) is 30.8 Å². The lowest BCUT2D eigenvalue weighted by atomic mass is 10.1. The van der Waals surface area contributed by atoms with E-state index in [4.69, 9.17) is 0 Å². The molecule has 0 aromatic heterocycles. The molecule has 0 bridgehead atoms. The Labute approximate surface area is 154 Å². The van der Waals surface area contributed by atoms with Crippen LogP contribution in [0.2, 0.25) is 0 Å². The van der Waals surface area contributed by atoms with Crippen LogP contribution in [0, 0.1) is 0 Å². The molecule has 0 spiro atoms. The van der Waals surface area contributed by atoms with Crippen LogP contribution in [-0.4, -0.2) is 58.5 Å². The highest BCUT2D eigenvalue weighted by Crippen LogP contribution is 2.23. The molecule has 1 aliphatic heterocycles. The normalized spacial score (nSPS) is 25.7. The summed E-state index contributed by atoms with van der Waals surface area (Å²) in [6.45, 7) is 0. The van der Waals surface area contributed by atoms with E-state index in [0.717, 1.165) is 12.2 Å². The second-order valence-corrected chi connectivity index (χ2v) is 8.82. The van der Waals surface area contributed by atoms with E-state index in [1.54, 1.807) is 22.6 Å². The molecule has 1 rings (SSSR count). The molecule has 0 aliphatic carbocycles. The summed E-state index contributed by atoms with van der Waals surface area (Å²) in [6, 6.07) is -1.65. The first-order valence-corrected chi connectivity index (χ1v) is 11.6. The zero-order valence-electron chi connectivity index (χ0n) is 13.7. The van der Waals surface area contributed by atoms with Crippen molar-refractivity contribution < 1.29 is 19.5 Å². The molecular formula is C15H24N2O4S3. The molecule has 0 radical (unpaired) electrons. The van der Waals surface area contributed by atoms with Gasteiger partial charge in [-0.1, -0.05) is 33.7 Å². The third-order valence-corrected chi connectivity index (χ3v) is 6.36. The summed E-state index contributed by atoms with van der Waals surface area (Å²) in [6.07, 6.45) is 8.24. The summed E-state index contributed by atoms with van der Waals surface area (Å²) in [4.78, 5) is 35.7. The van der Waals surface area contributed by atoms with Gasteiger partial charge in [0.1, 0.15) is 12.1 Å². The molecule has 2 atom stereocenters. The Balaban J connectivity index is 2.79. The fraction of sp³-hybridized carbons (Fsp3) is 0.667. The lowest BCUT2D eigenvalue weighted by molar-refractivity contribution is -0.141. The lowest BCUT2D eigenvalue weighted by Crippen LogP contribution is -2.52. The fourth-order valence-electron chi connectivity index (χ4n) is 1.96. The predicted octanol–water partition coefficient (Wildman–Crippen LogP) is 1.92. The molecule has 9 heteroatoms. The Morgan fingerprint density at radius 3 is 2.75 bits per heavy atom. The number of hydrogen-bond acceptors (Lipinski definition) is 6. The monoisotopic (exact) mass is 392 g/mol. The van der Waals surface area contributed by atoms with E-state index < -0.39 is 24.0 Å². The van der Waals surface area contributed by atoms with Gasteiger partial charge in [-0.3, -0.25) is 9.59 Å². The average Bonchev–Trinajstić information content (AvgIpc) is 2.55. The molecule has 1 aliphatic rings. The Bertz CT molecular complexity index is 460. The zero-order valence-corrected chi connectivity index (χ0v) is 16.1. The first-order valence-electron chi connectivity index (χ1n) is 7.75. The number of nitrogens with one attached hydrogen (secondary N) is 2. The summed E-state index contributed by atoms with van der Waals surface area (Å²) in [5.41, 5.74) is 0. The number of rotatable bonds is 4. The molecule has 0 saturated carbocycles. The molecule has 2 amide bonds. The Morgan fingerprint density at radius 1 is 1.29 bits per heavy atom. The summed E-state index contributed by atoms with van der Waals surface area (Å²) in [7, 11) is 3.03. The molecule has 6 nitrogen and oxygen atoms in total. The highest BCUT2D eigenvalue weighted by molar-refractivity contribution is 8.76. The molecule has 136 valence electrons. The maximum Gasteiger partial charge on any atom is 0.327 e. The molecular weight excluding hydrogens is 368 g/mol. The number of hydrogen-bond donors (Lipinski definition) is 3. The quantitative estimate of drug-likeness (QED) is 0.497. The number of carbonyl (C=O) groups excluding carboxylic acids is 2. The van der Waals surface area contributed by atoms with E-state index in [1.165, 1.54) is 10.8 Å². The number of allylic oxidation sites excluding steroid dienone is 2. The van der Waals surface area contributed by atoms with Gasteiger partial charge in [-0.15, -0.1) is 0 Å². The van der Waals surface area contributed by atoms with Crippen molar-refractivity contribution in [3.8, 4) is 0 Å². The molecule has 0 aromatic rings. The van der Waals surface area contributed by atoms with Crippen LogP contribution in [0.4, 0.5) is 0 Å². The summed E-state index contributed by atoms with van der Waals surface area (Å²) in [5, 5.41) is 14.6.